The van der Waals surface area contributed by atoms with E-state index in [4.69, 9.17) is 4.74 Å². The van der Waals surface area contributed by atoms with Crippen molar-refractivity contribution in [2.45, 2.75) is 37.6 Å². The predicted octanol–water partition coefficient (Wildman–Crippen LogP) is 3.14. The van der Waals surface area contributed by atoms with Gasteiger partial charge < -0.3 is 14.5 Å². The first-order chi connectivity index (χ1) is 15.6. The van der Waals surface area contributed by atoms with Crippen LogP contribution in [-0.4, -0.2) is 64.4 Å². The number of rotatable bonds is 8. The second-order valence-corrected chi connectivity index (χ2v) is 10.6. The topological polar surface area (TPSA) is 87.2 Å². The van der Waals surface area contributed by atoms with Gasteiger partial charge in [0, 0.05) is 38.9 Å². The minimum Gasteiger partial charge on any atom is -0.452 e. The molecular weight excluding hydrogens is 442 g/mol. The number of benzene rings is 2. The van der Waals surface area contributed by atoms with Crippen LogP contribution in [0.1, 0.15) is 37.0 Å². The Balaban J connectivity index is 1.86. The molecule has 1 aliphatic heterocycles. The molecule has 0 unspecified atom stereocenters. The summed E-state index contributed by atoms with van der Waals surface area (Å²) in [5.41, 5.74) is 1.47. The summed E-state index contributed by atoms with van der Waals surface area (Å²) >= 11 is 0. The van der Waals surface area contributed by atoms with E-state index >= 15 is 0 Å². The second-order valence-electron chi connectivity index (χ2n) is 8.43. The van der Waals surface area contributed by atoms with E-state index in [9.17, 15) is 18.0 Å². The molecule has 1 heterocycles. The highest BCUT2D eigenvalue weighted by Crippen LogP contribution is 2.29. The monoisotopic (exact) mass is 473 g/mol. The van der Waals surface area contributed by atoms with Crippen molar-refractivity contribution in [3.05, 3.63) is 54.1 Å². The molecule has 0 bridgehead atoms. The van der Waals surface area contributed by atoms with Crippen molar-refractivity contribution in [3.8, 4) is 0 Å². The Bertz CT molecular complexity index is 1090. The lowest BCUT2D eigenvalue weighted by atomic mass is 10.1. The molecule has 0 spiro atoms. The van der Waals surface area contributed by atoms with E-state index in [0.717, 1.165) is 30.2 Å². The average Bonchev–Trinajstić information content (AvgIpc) is 3.32. The Labute approximate surface area is 195 Å². The number of hydrogen-bond donors (Lipinski definition) is 0. The molecule has 0 atom stereocenters. The van der Waals surface area contributed by atoms with Crippen molar-refractivity contribution < 1.29 is 22.7 Å². The van der Waals surface area contributed by atoms with Gasteiger partial charge in [-0.25, -0.2) is 17.5 Å². The highest BCUT2D eigenvalue weighted by Gasteiger charge is 2.27. The van der Waals surface area contributed by atoms with Gasteiger partial charge >= 0.3 is 5.97 Å². The van der Waals surface area contributed by atoms with Crippen molar-refractivity contribution in [3.63, 3.8) is 0 Å². The van der Waals surface area contributed by atoms with Crippen LogP contribution in [0.25, 0.3) is 0 Å². The SMILES string of the molecule is CC(C)N(C(=O)COC(=O)c1cc(S(=O)(=O)N(C)C)ccc1N1CCCC1)c1ccccc1. The van der Waals surface area contributed by atoms with Gasteiger partial charge in [-0.2, -0.15) is 0 Å². The van der Waals surface area contributed by atoms with Crippen molar-refractivity contribution in [1.29, 1.82) is 0 Å². The average molecular weight is 474 g/mol. The summed E-state index contributed by atoms with van der Waals surface area (Å²) in [6, 6.07) is 13.5. The number of para-hydroxylation sites is 1. The fraction of sp³-hybridized carbons (Fsp3) is 0.417. The van der Waals surface area contributed by atoms with Crippen molar-refractivity contribution in [2.75, 3.05) is 43.6 Å². The van der Waals surface area contributed by atoms with Crippen LogP contribution in [0.15, 0.2) is 53.4 Å². The predicted molar refractivity (Wildman–Crippen MR) is 128 cm³/mol. The van der Waals surface area contributed by atoms with E-state index < -0.39 is 22.6 Å². The van der Waals surface area contributed by atoms with Gasteiger partial charge in [0.05, 0.1) is 16.1 Å². The number of carbonyl (C=O) groups is 2. The van der Waals surface area contributed by atoms with Crippen LogP contribution in [-0.2, 0) is 19.6 Å². The first-order valence-corrected chi connectivity index (χ1v) is 12.4. The summed E-state index contributed by atoms with van der Waals surface area (Å²) in [7, 11) is -0.863. The van der Waals surface area contributed by atoms with Crippen LogP contribution in [0.2, 0.25) is 0 Å². The molecule has 33 heavy (non-hydrogen) atoms. The number of ether oxygens (including phenoxy) is 1. The van der Waals surface area contributed by atoms with E-state index in [1.54, 1.807) is 11.0 Å². The van der Waals surface area contributed by atoms with Crippen LogP contribution >= 0.6 is 0 Å². The number of sulfonamides is 1. The maximum Gasteiger partial charge on any atom is 0.340 e. The molecule has 0 aromatic heterocycles. The maximum absolute atomic E-state index is 13.1. The van der Waals surface area contributed by atoms with Gasteiger partial charge in [0.2, 0.25) is 10.0 Å². The standard InChI is InChI=1S/C24H31N3O5S/c1-18(2)27(19-10-6-5-7-11-19)23(28)17-32-24(29)21-16-20(33(30,31)25(3)4)12-13-22(21)26-14-8-9-15-26/h5-7,10-13,16,18H,8-9,14-15,17H2,1-4H3. The molecule has 1 fully saturated rings. The normalized spacial score (nSPS) is 14.1. The van der Waals surface area contributed by atoms with Crippen LogP contribution in [0, 0.1) is 0 Å². The molecule has 0 radical (unpaired) electrons. The van der Waals surface area contributed by atoms with Crippen molar-refractivity contribution >= 4 is 33.3 Å². The summed E-state index contributed by atoms with van der Waals surface area (Å²) in [5, 5.41) is 0. The van der Waals surface area contributed by atoms with Crippen LogP contribution in [0.5, 0.6) is 0 Å². The summed E-state index contributed by atoms with van der Waals surface area (Å²) in [4.78, 5) is 29.6. The van der Waals surface area contributed by atoms with E-state index in [2.05, 4.69) is 0 Å². The minimum absolute atomic E-state index is 0.00168. The van der Waals surface area contributed by atoms with E-state index in [-0.39, 0.29) is 22.4 Å². The van der Waals surface area contributed by atoms with Gasteiger partial charge in [-0.05, 0) is 57.0 Å². The highest BCUT2D eigenvalue weighted by molar-refractivity contribution is 7.89. The largest absolute Gasteiger partial charge is 0.452 e. The quantitative estimate of drug-likeness (QED) is 0.548. The van der Waals surface area contributed by atoms with Gasteiger partial charge in [0.15, 0.2) is 6.61 Å². The lowest BCUT2D eigenvalue weighted by Gasteiger charge is -2.27. The Morgan fingerprint density at radius 1 is 1.03 bits per heavy atom. The number of anilines is 2. The molecule has 2 aromatic rings. The molecule has 1 aliphatic rings. The summed E-state index contributed by atoms with van der Waals surface area (Å²) < 4.78 is 31.8. The Hall–Kier alpha value is -2.91. The molecule has 1 saturated heterocycles. The molecule has 3 rings (SSSR count). The molecule has 0 aliphatic carbocycles. The lowest BCUT2D eigenvalue weighted by molar-refractivity contribution is -0.122. The van der Waals surface area contributed by atoms with E-state index in [1.807, 2.05) is 49.1 Å². The Morgan fingerprint density at radius 2 is 1.67 bits per heavy atom. The second kappa shape index (κ2) is 10.4. The molecule has 8 nitrogen and oxygen atoms in total. The van der Waals surface area contributed by atoms with Crippen molar-refractivity contribution in [2.24, 2.45) is 0 Å². The third-order valence-corrected chi connectivity index (χ3v) is 7.37. The zero-order valence-electron chi connectivity index (χ0n) is 19.5. The van der Waals surface area contributed by atoms with Gasteiger partial charge in [-0.1, -0.05) is 18.2 Å². The zero-order chi connectivity index (χ0) is 24.2. The zero-order valence-corrected chi connectivity index (χ0v) is 20.3. The summed E-state index contributed by atoms with van der Waals surface area (Å²) in [6.07, 6.45) is 1.98. The van der Waals surface area contributed by atoms with Crippen LogP contribution in [0.4, 0.5) is 11.4 Å². The fourth-order valence-corrected chi connectivity index (χ4v) is 4.81. The third-order valence-electron chi connectivity index (χ3n) is 5.56. The number of esters is 1. The number of carbonyl (C=O) groups excluding carboxylic acids is 2. The first-order valence-electron chi connectivity index (χ1n) is 11.0. The van der Waals surface area contributed by atoms with Crippen LogP contribution in [0.3, 0.4) is 0 Å². The Morgan fingerprint density at radius 3 is 2.24 bits per heavy atom. The van der Waals surface area contributed by atoms with Gasteiger partial charge in [-0.3, -0.25) is 4.79 Å². The van der Waals surface area contributed by atoms with Crippen LogP contribution < -0.4 is 9.80 Å². The third kappa shape index (κ3) is 5.54. The number of hydrogen-bond acceptors (Lipinski definition) is 6. The summed E-state index contributed by atoms with van der Waals surface area (Å²) in [5.74, 6) is -1.08. The minimum atomic E-state index is -3.73. The summed E-state index contributed by atoms with van der Waals surface area (Å²) in [6.45, 7) is 4.86. The van der Waals surface area contributed by atoms with E-state index in [0.29, 0.717) is 11.4 Å². The van der Waals surface area contributed by atoms with Gasteiger partial charge in [0.1, 0.15) is 0 Å². The molecule has 0 saturated carbocycles. The maximum atomic E-state index is 13.1. The van der Waals surface area contributed by atoms with Gasteiger partial charge in [0.25, 0.3) is 5.91 Å². The van der Waals surface area contributed by atoms with Gasteiger partial charge in [-0.15, -0.1) is 0 Å². The molecule has 1 amide bonds. The van der Waals surface area contributed by atoms with E-state index in [1.165, 1.54) is 26.2 Å². The number of nitrogens with zero attached hydrogens (tertiary/aromatic N) is 3. The molecule has 178 valence electrons. The Kier molecular flexibility index (Phi) is 7.76. The first kappa shape index (κ1) is 24.7. The molecule has 2 aromatic carbocycles. The van der Waals surface area contributed by atoms with Crippen molar-refractivity contribution in [1.82, 2.24) is 4.31 Å². The number of amides is 1. The highest BCUT2D eigenvalue weighted by atomic mass is 32.2. The lowest BCUT2D eigenvalue weighted by Crippen LogP contribution is -2.40. The molecule has 0 N–H and O–H groups in total. The molecular formula is C24H31N3O5S. The smallest absolute Gasteiger partial charge is 0.340 e. The fourth-order valence-electron chi connectivity index (χ4n) is 3.88. The molecule has 9 heteroatoms.